The highest BCUT2D eigenvalue weighted by Gasteiger charge is 2.45. The Balaban J connectivity index is 1.60. The molecule has 1 N–H and O–H groups in total. The number of carbonyl (C=O) groups excluding carboxylic acids is 1. The molecule has 1 saturated heterocycles. The maximum atomic E-state index is 12.9. The molecule has 0 radical (unpaired) electrons. The predicted octanol–water partition coefficient (Wildman–Crippen LogP) is 2.25. The molecule has 0 aromatic heterocycles. The minimum absolute atomic E-state index is 0.0967. The number of carboxylic acid groups (broad SMARTS) is 1. The second-order valence-electron chi connectivity index (χ2n) is 7.59. The number of benzene rings is 1. The number of hydrogen-bond acceptors (Lipinski definition) is 3. The van der Waals surface area contributed by atoms with Crippen LogP contribution in [0.1, 0.15) is 37.7 Å². The van der Waals surface area contributed by atoms with Crippen LogP contribution in [-0.4, -0.2) is 48.1 Å². The molecule has 2 fully saturated rings. The monoisotopic (exact) mass is 328 g/mol. The summed E-state index contributed by atoms with van der Waals surface area (Å²) in [5.74, 6) is 0.141. The van der Waals surface area contributed by atoms with Crippen molar-refractivity contribution in [1.29, 1.82) is 0 Å². The number of amides is 1. The van der Waals surface area contributed by atoms with E-state index in [9.17, 15) is 9.59 Å². The van der Waals surface area contributed by atoms with E-state index in [0.29, 0.717) is 12.3 Å². The third-order valence-electron chi connectivity index (χ3n) is 5.87. The first kappa shape index (κ1) is 15.6. The zero-order chi connectivity index (χ0) is 16.7. The van der Waals surface area contributed by atoms with E-state index in [1.807, 2.05) is 15.9 Å². The zero-order valence-electron chi connectivity index (χ0n) is 13.9. The molecule has 1 aromatic rings. The van der Waals surface area contributed by atoms with Gasteiger partial charge in [-0.15, -0.1) is 0 Å². The van der Waals surface area contributed by atoms with Gasteiger partial charge in [-0.25, -0.2) is 0 Å². The quantitative estimate of drug-likeness (QED) is 0.921. The highest BCUT2D eigenvalue weighted by Crippen LogP contribution is 2.47. The Kier molecular flexibility index (Phi) is 3.83. The van der Waals surface area contributed by atoms with E-state index in [1.54, 1.807) is 0 Å². The van der Waals surface area contributed by atoms with Gasteiger partial charge in [0, 0.05) is 24.1 Å². The van der Waals surface area contributed by atoms with Gasteiger partial charge in [0.25, 0.3) is 0 Å². The van der Waals surface area contributed by atoms with E-state index in [4.69, 9.17) is 5.11 Å². The SMILES string of the molecule is O=C(O)CN1CCC2(CC1)CC(=O)N(CC1CC1)c1ccccc12. The normalized spacial score (nSPS) is 23.3. The Hall–Kier alpha value is -1.88. The molecule has 2 aliphatic heterocycles. The minimum Gasteiger partial charge on any atom is -0.480 e. The molecule has 1 aliphatic carbocycles. The molecule has 1 saturated carbocycles. The van der Waals surface area contributed by atoms with Crippen molar-refractivity contribution < 1.29 is 14.7 Å². The molecule has 5 nitrogen and oxygen atoms in total. The Morgan fingerprint density at radius 1 is 1.21 bits per heavy atom. The van der Waals surface area contributed by atoms with Crippen LogP contribution in [0.2, 0.25) is 0 Å². The maximum absolute atomic E-state index is 12.9. The molecule has 1 amide bonds. The number of rotatable bonds is 4. The van der Waals surface area contributed by atoms with Crippen molar-refractivity contribution in [1.82, 2.24) is 4.90 Å². The minimum atomic E-state index is -0.776. The van der Waals surface area contributed by atoms with E-state index in [1.165, 1.54) is 18.4 Å². The number of hydrogen-bond donors (Lipinski definition) is 1. The number of anilines is 1. The second-order valence-corrected chi connectivity index (χ2v) is 7.59. The lowest BCUT2D eigenvalue weighted by Crippen LogP contribution is -2.51. The Morgan fingerprint density at radius 3 is 2.58 bits per heavy atom. The number of nitrogens with zero attached hydrogens (tertiary/aromatic N) is 2. The van der Waals surface area contributed by atoms with E-state index in [-0.39, 0.29) is 17.9 Å². The average Bonchev–Trinajstić information content (AvgIpc) is 3.37. The summed E-state index contributed by atoms with van der Waals surface area (Å²) in [5, 5.41) is 8.99. The lowest BCUT2D eigenvalue weighted by molar-refractivity contribution is -0.139. The molecule has 0 atom stereocenters. The van der Waals surface area contributed by atoms with Gasteiger partial charge in [0.1, 0.15) is 0 Å². The van der Waals surface area contributed by atoms with Crippen molar-refractivity contribution in [3.05, 3.63) is 29.8 Å². The first-order valence-corrected chi connectivity index (χ1v) is 8.91. The van der Waals surface area contributed by atoms with E-state index in [2.05, 4.69) is 18.2 Å². The zero-order valence-corrected chi connectivity index (χ0v) is 13.9. The summed E-state index contributed by atoms with van der Waals surface area (Å²) in [6.45, 7) is 2.45. The molecular formula is C19H24N2O3. The van der Waals surface area contributed by atoms with Crippen LogP contribution in [-0.2, 0) is 15.0 Å². The smallest absolute Gasteiger partial charge is 0.317 e. The summed E-state index contributed by atoms with van der Waals surface area (Å²) in [7, 11) is 0. The second kappa shape index (κ2) is 5.88. The van der Waals surface area contributed by atoms with Gasteiger partial charge in [-0.3, -0.25) is 14.5 Å². The predicted molar refractivity (Wildman–Crippen MR) is 91.1 cm³/mol. The van der Waals surface area contributed by atoms with Crippen molar-refractivity contribution >= 4 is 17.6 Å². The summed E-state index contributed by atoms with van der Waals surface area (Å²) in [5.41, 5.74) is 2.27. The highest BCUT2D eigenvalue weighted by molar-refractivity contribution is 5.98. The van der Waals surface area contributed by atoms with Crippen LogP contribution in [0.15, 0.2) is 24.3 Å². The molecule has 5 heteroatoms. The first-order valence-electron chi connectivity index (χ1n) is 8.91. The van der Waals surface area contributed by atoms with Crippen LogP contribution in [0.4, 0.5) is 5.69 Å². The summed E-state index contributed by atoms with van der Waals surface area (Å²) >= 11 is 0. The molecule has 0 bridgehead atoms. The lowest BCUT2D eigenvalue weighted by Gasteiger charge is -2.47. The van der Waals surface area contributed by atoms with Crippen LogP contribution in [0.5, 0.6) is 0 Å². The standard InChI is InChI=1S/C19H24N2O3/c22-17-11-19(7-9-20(10-8-19)13-18(23)24)15-3-1-2-4-16(15)21(17)12-14-5-6-14/h1-4,14H,5-13H2,(H,23,24). The number of fused-ring (bicyclic) bond motifs is 2. The average molecular weight is 328 g/mol. The number of carbonyl (C=O) groups is 2. The largest absolute Gasteiger partial charge is 0.480 e. The van der Waals surface area contributed by atoms with Crippen molar-refractivity contribution in [2.45, 2.75) is 37.5 Å². The Morgan fingerprint density at radius 2 is 1.92 bits per heavy atom. The van der Waals surface area contributed by atoms with Crippen LogP contribution in [0, 0.1) is 5.92 Å². The van der Waals surface area contributed by atoms with Gasteiger partial charge in [-0.05, 0) is 56.3 Å². The van der Waals surface area contributed by atoms with E-state index in [0.717, 1.165) is 38.2 Å². The van der Waals surface area contributed by atoms with Crippen molar-refractivity contribution in [3.63, 3.8) is 0 Å². The number of likely N-dealkylation sites (tertiary alicyclic amines) is 1. The van der Waals surface area contributed by atoms with Crippen molar-refractivity contribution in [3.8, 4) is 0 Å². The van der Waals surface area contributed by atoms with Gasteiger partial charge in [-0.1, -0.05) is 18.2 Å². The fourth-order valence-corrected chi connectivity index (χ4v) is 4.31. The van der Waals surface area contributed by atoms with Gasteiger partial charge >= 0.3 is 5.97 Å². The molecule has 1 aromatic carbocycles. The van der Waals surface area contributed by atoms with Gasteiger partial charge in [-0.2, -0.15) is 0 Å². The van der Waals surface area contributed by atoms with Crippen molar-refractivity contribution in [2.75, 3.05) is 31.1 Å². The summed E-state index contributed by atoms with van der Waals surface area (Å²) in [4.78, 5) is 27.8. The van der Waals surface area contributed by atoms with Crippen LogP contribution < -0.4 is 4.90 Å². The van der Waals surface area contributed by atoms with Gasteiger partial charge < -0.3 is 10.0 Å². The Bertz CT molecular complexity index is 660. The highest BCUT2D eigenvalue weighted by atomic mass is 16.4. The fraction of sp³-hybridized carbons (Fsp3) is 0.579. The van der Waals surface area contributed by atoms with Gasteiger partial charge in [0.05, 0.1) is 6.54 Å². The summed E-state index contributed by atoms with van der Waals surface area (Å²) < 4.78 is 0. The molecule has 128 valence electrons. The third-order valence-corrected chi connectivity index (χ3v) is 5.87. The number of para-hydroxylation sites is 1. The van der Waals surface area contributed by atoms with Gasteiger partial charge in [0.15, 0.2) is 0 Å². The van der Waals surface area contributed by atoms with Crippen molar-refractivity contribution in [2.24, 2.45) is 5.92 Å². The summed E-state index contributed by atoms with van der Waals surface area (Å²) in [6.07, 6.45) is 4.76. The van der Waals surface area contributed by atoms with Gasteiger partial charge in [0.2, 0.25) is 5.91 Å². The topological polar surface area (TPSA) is 60.9 Å². The molecule has 1 spiro atoms. The number of piperidine rings is 1. The van der Waals surface area contributed by atoms with E-state index >= 15 is 0 Å². The molecule has 24 heavy (non-hydrogen) atoms. The van der Waals surface area contributed by atoms with Crippen LogP contribution in [0.25, 0.3) is 0 Å². The number of carboxylic acids is 1. The molecular weight excluding hydrogens is 304 g/mol. The molecule has 4 rings (SSSR count). The van der Waals surface area contributed by atoms with Crippen LogP contribution in [0.3, 0.4) is 0 Å². The first-order chi connectivity index (χ1) is 11.6. The third kappa shape index (κ3) is 2.81. The van der Waals surface area contributed by atoms with Crippen LogP contribution >= 0.6 is 0 Å². The summed E-state index contributed by atoms with van der Waals surface area (Å²) in [6, 6.07) is 8.34. The number of aliphatic carboxylic acids is 1. The lowest BCUT2D eigenvalue weighted by atomic mass is 9.67. The fourth-order valence-electron chi connectivity index (χ4n) is 4.31. The van der Waals surface area contributed by atoms with E-state index < -0.39 is 5.97 Å². The molecule has 0 unspecified atom stereocenters. The maximum Gasteiger partial charge on any atom is 0.317 e. The molecule has 3 aliphatic rings. The molecule has 2 heterocycles. The Labute approximate surface area is 142 Å².